The molecule has 178 valence electrons. The Labute approximate surface area is 179 Å². The molecule has 1 aliphatic heterocycles. The summed E-state index contributed by atoms with van der Waals surface area (Å²) in [5, 5.41) is 13.7. The number of carbonyl (C=O) groups is 1. The van der Waals surface area contributed by atoms with Crippen LogP contribution in [0.4, 0.5) is 22.0 Å². The van der Waals surface area contributed by atoms with Crippen molar-refractivity contribution >= 4 is 13.8 Å². The summed E-state index contributed by atoms with van der Waals surface area (Å²) in [6.07, 6.45) is -4.82. The third kappa shape index (κ3) is 6.88. The zero-order chi connectivity index (χ0) is 24.1. The first-order valence-electron chi connectivity index (χ1n) is 8.84. The van der Waals surface area contributed by atoms with E-state index >= 15 is 0 Å². The van der Waals surface area contributed by atoms with Crippen molar-refractivity contribution in [3.8, 4) is 0 Å². The second-order valence-corrected chi connectivity index (χ2v) is 7.22. The number of benzene rings is 1. The maximum atomic E-state index is 13.7. The normalized spacial score (nSPS) is 14.3. The SMILES string of the molecule is N[C@@H](CC(=O)N1CCn2c(nnc2C(F)(F)F)C1)Cc1cc(F)ccc1F.O=P(=O)OO.[HH]. The molecular formula is C16H19F5N5O5P. The standard InChI is InChI=1S/C16H16F5N5O.HO4P.H2/c17-10-1-2-12(18)9(5-10)6-11(22)7-14(27)25-3-4-26-13(8-25)23-24-15(26)16(19,20)21;1-4-5(2)3;/h1-2,5,11H,3-4,6-8,22H2;1H;1H/t11-;;/m1../s1. The minimum atomic E-state index is -4.62. The van der Waals surface area contributed by atoms with Crippen LogP contribution in [0.1, 0.15) is 25.1 Å². The fourth-order valence-corrected chi connectivity index (χ4v) is 2.99. The number of halogens is 5. The zero-order valence-corrected chi connectivity index (χ0v) is 17.0. The minimum Gasteiger partial charge on any atom is -0.333 e. The summed E-state index contributed by atoms with van der Waals surface area (Å²) in [6.45, 7) is -0.159. The van der Waals surface area contributed by atoms with E-state index in [2.05, 4.69) is 14.9 Å². The third-order valence-corrected chi connectivity index (χ3v) is 4.49. The van der Waals surface area contributed by atoms with Gasteiger partial charge in [-0.3, -0.25) is 4.79 Å². The first-order valence-corrected chi connectivity index (χ1v) is 9.94. The van der Waals surface area contributed by atoms with E-state index in [0.29, 0.717) is 0 Å². The Kier molecular flexibility index (Phi) is 8.55. The van der Waals surface area contributed by atoms with E-state index in [9.17, 15) is 26.7 Å². The molecule has 2 heterocycles. The van der Waals surface area contributed by atoms with Crippen LogP contribution in [0.25, 0.3) is 0 Å². The van der Waals surface area contributed by atoms with Gasteiger partial charge in [-0.05, 0) is 30.2 Å². The van der Waals surface area contributed by atoms with E-state index in [1.807, 2.05) is 0 Å². The summed E-state index contributed by atoms with van der Waals surface area (Å²) in [5.41, 5.74) is 5.93. The van der Waals surface area contributed by atoms with Crippen LogP contribution in [0.5, 0.6) is 0 Å². The lowest BCUT2D eigenvalue weighted by Crippen LogP contribution is -2.42. The van der Waals surface area contributed by atoms with Gasteiger partial charge in [0.15, 0.2) is 5.82 Å². The van der Waals surface area contributed by atoms with Crippen LogP contribution in [0.2, 0.25) is 0 Å². The lowest BCUT2D eigenvalue weighted by atomic mass is 10.0. The summed E-state index contributed by atoms with van der Waals surface area (Å²) in [7, 11) is -3.04. The van der Waals surface area contributed by atoms with E-state index in [4.69, 9.17) is 20.1 Å². The summed E-state index contributed by atoms with van der Waals surface area (Å²) < 4.78 is 86.8. The zero-order valence-electron chi connectivity index (χ0n) is 16.1. The van der Waals surface area contributed by atoms with Crippen LogP contribution in [0.3, 0.4) is 0 Å². The molecule has 1 atom stereocenters. The van der Waals surface area contributed by atoms with Crippen LogP contribution < -0.4 is 5.73 Å². The van der Waals surface area contributed by atoms with Gasteiger partial charge in [-0.1, -0.05) is 0 Å². The molecule has 2 aromatic rings. The van der Waals surface area contributed by atoms with Gasteiger partial charge >= 0.3 is 14.1 Å². The van der Waals surface area contributed by atoms with Crippen molar-refractivity contribution < 1.29 is 47.2 Å². The molecule has 1 aromatic heterocycles. The molecule has 10 nitrogen and oxygen atoms in total. The van der Waals surface area contributed by atoms with E-state index in [-0.39, 0.29) is 45.3 Å². The molecule has 0 unspecified atom stereocenters. The smallest absolute Gasteiger partial charge is 0.333 e. The fraction of sp³-hybridized carbons (Fsp3) is 0.438. The predicted octanol–water partition coefficient (Wildman–Crippen LogP) is 2.69. The number of nitrogens with zero attached hydrogens (tertiary/aromatic N) is 4. The average Bonchev–Trinajstić information content (AvgIpc) is 3.14. The third-order valence-electron chi connectivity index (χ3n) is 4.35. The Morgan fingerprint density at radius 2 is 1.94 bits per heavy atom. The Hall–Kier alpha value is -2.74. The molecule has 3 N–H and O–H groups in total. The van der Waals surface area contributed by atoms with E-state index < -0.39 is 43.5 Å². The van der Waals surface area contributed by atoms with E-state index in [0.717, 1.165) is 22.8 Å². The van der Waals surface area contributed by atoms with E-state index in [1.165, 1.54) is 4.90 Å². The maximum Gasteiger partial charge on any atom is 0.496 e. The number of alkyl halides is 3. The minimum absolute atomic E-state index is 0. The van der Waals surface area contributed by atoms with Crippen LogP contribution in [-0.4, -0.2) is 43.4 Å². The van der Waals surface area contributed by atoms with Gasteiger partial charge in [-0.25, -0.2) is 23.2 Å². The van der Waals surface area contributed by atoms with Gasteiger partial charge in [0.2, 0.25) is 11.7 Å². The maximum absolute atomic E-state index is 13.7. The number of fused-ring (bicyclic) bond motifs is 1. The Balaban J connectivity index is 0.000000821. The number of hydrogen-bond donors (Lipinski definition) is 2. The highest BCUT2D eigenvalue weighted by molar-refractivity contribution is 7.24. The molecule has 0 radical (unpaired) electrons. The molecule has 0 saturated carbocycles. The van der Waals surface area contributed by atoms with Crippen LogP contribution >= 0.6 is 7.91 Å². The van der Waals surface area contributed by atoms with Crippen molar-refractivity contribution in [3.05, 3.63) is 47.0 Å². The van der Waals surface area contributed by atoms with Gasteiger partial charge < -0.3 is 15.2 Å². The molecule has 0 aliphatic carbocycles. The van der Waals surface area contributed by atoms with Crippen molar-refractivity contribution in [2.24, 2.45) is 5.73 Å². The average molecular weight is 487 g/mol. The van der Waals surface area contributed by atoms with Gasteiger partial charge in [0.05, 0.1) is 6.54 Å². The highest BCUT2D eigenvalue weighted by atomic mass is 31.1. The number of aromatic nitrogens is 3. The lowest BCUT2D eigenvalue weighted by Gasteiger charge is -2.29. The van der Waals surface area contributed by atoms with Crippen molar-refractivity contribution in [2.45, 2.75) is 38.1 Å². The van der Waals surface area contributed by atoms with E-state index in [1.54, 1.807) is 0 Å². The summed E-state index contributed by atoms with van der Waals surface area (Å²) in [5.74, 6) is -2.69. The second kappa shape index (κ2) is 10.7. The quantitative estimate of drug-likeness (QED) is 0.284. The molecule has 32 heavy (non-hydrogen) atoms. The number of nitrogens with two attached hydrogens (primary N) is 1. The molecule has 1 aromatic carbocycles. The van der Waals surface area contributed by atoms with Crippen molar-refractivity contribution in [1.29, 1.82) is 0 Å². The van der Waals surface area contributed by atoms with Gasteiger partial charge in [0, 0.05) is 27.0 Å². The number of rotatable bonds is 5. The molecule has 3 rings (SSSR count). The van der Waals surface area contributed by atoms with Crippen LogP contribution in [-0.2, 0) is 44.3 Å². The molecule has 1 aliphatic rings. The van der Waals surface area contributed by atoms with Crippen molar-refractivity contribution in [1.82, 2.24) is 19.7 Å². The summed E-state index contributed by atoms with van der Waals surface area (Å²) in [4.78, 5) is 13.7. The Morgan fingerprint density at radius 1 is 1.28 bits per heavy atom. The molecule has 0 saturated heterocycles. The van der Waals surface area contributed by atoms with Crippen LogP contribution in [0, 0.1) is 11.6 Å². The molecule has 1 amide bonds. The fourth-order valence-electron chi connectivity index (χ4n) is 2.99. The van der Waals surface area contributed by atoms with Crippen molar-refractivity contribution in [2.75, 3.05) is 6.54 Å². The number of carbonyl (C=O) groups excluding carboxylic acids is 1. The summed E-state index contributed by atoms with van der Waals surface area (Å²) >= 11 is 0. The molecule has 0 bridgehead atoms. The molecular weight excluding hydrogens is 468 g/mol. The predicted molar refractivity (Wildman–Crippen MR) is 97.2 cm³/mol. The van der Waals surface area contributed by atoms with Crippen LogP contribution in [0.15, 0.2) is 18.2 Å². The monoisotopic (exact) mass is 487 g/mol. The highest BCUT2D eigenvalue weighted by Crippen LogP contribution is 2.29. The first kappa shape index (κ1) is 25.5. The lowest BCUT2D eigenvalue weighted by molar-refractivity contribution is -0.148. The Bertz CT molecular complexity index is 1030. The van der Waals surface area contributed by atoms with Gasteiger partial charge in [-0.2, -0.15) is 13.2 Å². The molecule has 16 heteroatoms. The highest BCUT2D eigenvalue weighted by Gasteiger charge is 2.39. The molecule has 0 fully saturated rings. The topological polar surface area (TPSA) is 141 Å². The second-order valence-electron chi connectivity index (χ2n) is 6.61. The molecule has 0 spiro atoms. The van der Waals surface area contributed by atoms with Gasteiger partial charge in [-0.15, -0.1) is 14.9 Å². The summed E-state index contributed by atoms with van der Waals surface area (Å²) in [6, 6.07) is 2.21. The Morgan fingerprint density at radius 3 is 2.53 bits per heavy atom. The van der Waals surface area contributed by atoms with Crippen molar-refractivity contribution in [3.63, 3.8) is 0 Å². The largest absolute Gasteiger partial charge is 0.496 e. The first-order chi connectivity index (χ1) is 14.9. The number of amides is 1. The van der Waals surface area contributed by atoms with Gasteiger partial charge in [0.1, 0.15) is 11.6 Å². The number of hydrogen-bond acceptors (Lipinski definition) is 8. The van der Waals surface area contributed by atoms with Gasteiger partial charge in [0.25, 0.3) is 0 Å².